The molecule has 6 nitrogen and oxygen atoms in total. The van der Waals surface area contributed by atoms with Gasteiger partial charge in [0, 0.05) is 17.5 Å². The van der Waals surface area contributed by atoms with E-state index < -0.39 is 67.6 Å². The van der Waals surface area contributed by atoms with Crippen LogP contribution in [0.15, 0.2) is 17.0 Å². The molecule has 0 radical (unpaired) electrons. The molecule has 1 aliphatic carbocycles. The van der Waals surface area contributed by atoms with Crippen molar-refractivity contribution in [1.82, 2.24) is 0 Å². The number of halogens is 5. The Balaban J connectivity index is 2.69. The van der Waals surface area contributed by atoms with Crippen LogP contribution in [0.1, 0.15) is 24.2 Å². The zero-order valence-corrected chi connectivity index (χ0v) is 13.3. The first-order chi connectivity index (χ1) is 11.2. The van der Waals surface area contributed by atoms with Gasteiger partial charge in [-0.25, -0.2) is 17.2 Å². The number of rotatable bonds is 4. The van der Waals surface area contributed by atoms with E-state index in [9.17, 15) is 40.3 Å². The highest BCUT2D eigenvalue weighted by Crippen LogP contribution is 2.50. The Morgan fingerprint density at radius 2 is 1.96 bits per heavy atom. The van der Waals surface area contributed by atoms with Crippen molar-refractivity contribution in [3.8, 4) is 5.75 Å². The number of hydrogen-bond acceptors (Lipinski definition) is 5. The molecule has 0 spiro atoms. The molecule has 0 aliphatic heterocycles. The van der Waals surface area contributed by atoms with Gasteiger partial charge < -0.3 is 15.6 Å². The highest BCUT2D eigenvalue weighted by Gasteiger charge is 2.55. The number of aliphatic hydroxyl groups excluding tert-OH is 1. The lowest BCUT2D eigenvalue weighted by molar-refractivity contribution is -0.124. The van der Waals surface area contributed by atoms with Crippen LogP contribution in [0.2, 0.25) is 0 Å². The fourth-order valence-corrected chi connectivity index (χ4v) is 3.39. The van der Waals surface area contributed by atoms with Crippen molar-refractivity contribution in [3.05, 3.63) is 23.3 Å². The van der Waals surface area contributed by atoms with E-state index in [1.807, 2.05) is 0 Å². The van der Waals surface area contributed by atoms with Crippen LogP contribution in [0.25, 0.3) is 0 Å². The van der Waals surface area contributed by atoms with Crippen molar-refractivity contribution in [2.24, 2.45) is 5.73 Å². The number of ether oxygens (including phenoxy) is 1. The quantitative estimate of drug-likeness (QED) is 0.759. The Morgan fingerprint density at radius 3 is 2.44 bits per heavy atom. The number of hydrogen-bond donors (Lipinski definition) is 2. The molecular formula is C13H12F5NO5S. The molecule has 1 aromatic rings. The number of aliphatic hydroxyl groups is 1. The molecular weight excluding hydrogens is 377 g/mol. The standard InChI is InChI=1S/C13H12F5NO5S/c1-5(11(19)21)24-7-2-3-8(25(22,23)13(16,17)18)9-6(7)4-12(14,15)10(9)20/h2-3,5,10,20H,4H2,1H3,(H2,19,21). The van der Waals surface area contributed by atoms with Crippen LogP contribution >= 0.6 is 0 Å². The number of amides is 1. The molecule has 0 saturated heterocycles. The van der Waals surface area contributed by atoms with Crippen molar-refractivity contribution < 1.29 is 45.0 Å². The maximum atomic E-state index is 13.8. The SMILES string of the molecule is CC(Oc1ccc(S(=O)(=O)C(F)(F)F)c2c1CC(F)(F)C2O)C(N)=O. The lowest BCUT2D eigenvalue weighted by atomic mass is 10.1. The van der Waals surface area contributed by atoms with Gasteiger partial charge in [0.05, 0.1) is 4.90 Å². The Kier molecular flexibility index (Phi) is 4.49. The van der Waals surface area contributed by atoms with Gasteiger partial charge >= 0.3 is 5.51 Å². The molecule has 0 aromatic heterocycles. The highest BCUT2D eigenvalue weighted by atomic mass is 32.2. The molecule has 2 unspecified atom stereocenters. The van der Waals surface area contributed by atoms with Gasteiger partial charge in [-0.05, 0) is 19.1 Å². The van der Waals surface area contributed by atoms with Gasteiger partial charge in [-0.15, -0.1) is 0 Å². The van der Waals surface area contributed by atoms with E-state index in [0.29, 0.717) is 12.1 Å². The summed E-state index contributed by atoms with van der Waals surface area (Å²) >= 11 is 0. The average Bonchev–Trinajstić information content (AvgIpc) is 2.69. The maximum Gasteiger partial charge on any atom is 0.501 e. The first-order valence-corrected chi connectivity index (χ1v) is 8.17. The van der Waals surface area contributed by atoms with Crippen LogP contribution in [-0.4, -0.2) is 37.0 Å². The minimum absolute atomic E-state index is 0.398. The van der Waals surface area contributed by atoms with Crippen molar-refractivity contribution in [1.29, 1.82) is 0 Å². The summed E-state index contributed by atoms with van der Waals surface area (Å²) in [6.45, 7) is 1.17. The van der Waals surface area contributed by atoms with Crippen LogP contribution < -0.4 is 10.5 Å². The van der Waals surface area contributed by atoms with Crippen molar-refractivity contribution in [2.45, 2.75) is 41.9 Å². The number of primary amides is 1. The molecule has 0 heterocycles. The highest BCUT2D eigenvalue weighted by molar-refractivity contribution is 7.92. The zero-order valence-electron chi connectivity index (χ0n) is 12.5. The molecule has 1 amide bonds. The number of sulfone groups is 1. The Hall–Kier alpha value is -1.95. The summed E-state index contributed by atoms with van der Waals surface area (Å²) in [4.78, 5) is 9.52. The third-order valence-corrected chi connectivity index (χ3v) is 5.20. The smallest absolute Gasteiger partial charge is 0.481 e. The minimum Gasteiger partial charge on any atom is -0.481 e. The first-order valence-electron chi connectivity index (χ1n) is 6.69. The van der Waals surface area contributed by atoms with Gasteiger partial charge in [-0.1, -0.05) is 0 Å². The molecule has 0 bridgehead atoms. The molecule has 25 heavy (non-hydrogen) atoms. The van der Waals surface area contributed by atoms with Crippen molar-refractivity contribution in [3.63, 3.8) is 0 Å². The van der Waals surface area contributed by atoms with Gasteiger partial charge in [0.25, 0.3) is 21.7 Å². The molecule has 2 rings (SSSR count). The van der Waals surface area contributed by atoms with E-state index in [2.05, 4.69) is 0 Å². The van der Waals surface area contributed by atoms with E-state index in [1.54, 1.807) is 0 Å². The second kappa shape index (κ2) is 5.80. The van der Waals surface area contributed by atoms with Gasteiger partial charge in [-0.3, -0.25) is 4.79 Å². The molecule has 12 heteroatoms. The van der Waals surface area contributed by atoms with Crippen LogP contribution in [0.4, 0.5) is 22.0 Å². The van der Waals surface area contributed by atoms with Gasteiger partial charge in [-0.2, -0.15) is 13.2 Å². The summed E-state index contributed by atoms with van der Waals surface area (Å²) in [7, 11) is -5.99. The minimum atomic E-state index is -5.99. The Bertz CT molecular complexity index is 821. The molecule has 2 atom stereocenters. The third kappa shape index (κ3) is 3.15. The van der Waals surface area contributed by atoms with Crippen LogP contribution in [0.5, 0.6) is 5.75 Å². The van der Waals surface area contributed by atoms with E-state index in [4.69, 9.17) is 10.5 Å². The Morgan fingerprint density at radius 1 is 1.40 bits per heavy atom. The number of nitrogens with two attached hydrogens (primary N) is 1. The summed E-state index contributed by atoms with van der Waals surface area (Å²) in [5, 5.41) is 9.66. The van der Waals surface area contributed by atoms with Crippen molar-refractivity contribution >= 4 is 15.7 Å². The number of carbonyl (C=O) groups excluding carboxylic acids is 1. The summed E-state index contributed by atoms with van der Waals surface area (Å²) < 4.78 is 94.2. The fraction of sp³-hybridized carbons (Fsp3) is 0.462. The second-order valence-corrected chi connectivity index (χ2v) is 7.32. The summed E-state index contributed by atoms with van der Waals surface area (Å²) in [6.07, 6.45) is -5.35. The lowest BCUT2D eigenvalue weighted by Gasteiger charge is -2.18. The molecule has 1 aromatic carbocycles. The van der Waals surface area contributed by atoms with Gasteiger partial charge in [0.2, 0.25) is 0 Å². The summed E-state index contributed by atoms with van der Waals surface area (Å²) in [6, 6.07) is 1.11. The molecule has 140 valence electrons. The molecule has 0 saturated carbocycles. The number of fused-ring (bicyclic) bond motifs is 1. The largest absolute Gasteiger partial charge is 0.501 e. The molecule has 3 N–H and O–H groups in total. The maximum absolute atomic E-state index is 13.8. The predicted molar refractivity (Wildman–Crippen MR) is 72.6 cm³/mol. The van der Waals surface area contributed by atoms with E-state index in [1.165, 1.54) is 6.92 Å². The first kappa shape index (κ1) is 19.4. The number of carbonyl (C=O) groups is 1. The van der Waals surface area contributed by atoms with E-state index in [-0.39, 0.29) is 0 Å². The average molecular weight is 389 g/mol. The summed E-state index contributed by atoms with van der Waals surface area (Å²) in [5.41, 5.74) is -2.52. The van der Waals surface area contributed by atoms with E-state index in [0.717, 1.165) is 0 Å². The fourth-order valence-electron chi connectivity index (χ4n) is 2.37. The lowest BCUT2D eigenvalue weighted by Crippen LogP contribution is -2.31. The van der Waals surface area contributed by atoms with Crippen LogP contribution in [-0.2, 0) is 21.1 Å². The molecule has 0 fully saturated rings. The zero-order chi connectivity index (χ0) is 19.4. The van der Waals surface area contributed by atoms with Crippen LogP contribution in [0.3, 0.4) is 0 Å². The number of benzene rings is 1. The van der Waals surface area contributed by atoms with Crippen molar-refractivity contribution in [2.75, 3.05) is 0 Å². The second-order valence-electron chi connectivity index (χ2n) is 5.41. The monoisotopic (exact) mass is 389 g/mol. The topological polar surface area (TPSA) is 107 Å². The predicted octanol–water partition coefficient (Wildman–Crippen LogP) is 1.46. The van der Waals surface area contributed by atoms with E-state index >= 15 is 0 Å². The molecule has 1 aliphatic rings. The van der Waals surface area contributed by atoms with Gasteiger partial charge in [0.15, 0.2) is 6.10 Å². The number of alkyl halides is 5. The van der Waals surface area contributed by atoms with Crippen LogP contribution in [0, 0.1) is 0 Å². The van der Waals surface area contributed by atoms with Gasteiger partial charge in [0.1, 0.15) is 11.9 Å². The third-order valence-electron chi connectivity index (χ3n) is 3.66. The summed E-state index contributed by atoms with van der Waals surface area (Å²) in [5.74, 6) is -5.35. The Labute approximate surface area is 138 Å². The normalized spacial score (nSPS) is 20.8.